The van der Waals surface area contributed by atoms with Crippen molar-refractivity contribution in [3.8, 4) is 17.2 Å². The molecule has 5 rings (SSSR count). The van der Waals surface area contributed by atoms with Crippen LogP contribution in [0.4, 0.5) is 10.5 Å². The fourth-order valence-electron chi connectivity index (χ4n) is 5.57. The second-order valence-electron chi connectivity index (χ2n) is 11.3. The zero-order chi connectivity index (χ0) is 26.2. The molecule has 0 atom stereocenters. The summed E-state index contributed by atoms with van der Waals surface area (Å²) in [6, 6.07) is 15.8. The van der Waals surface area contributed by atoms with Crippen molar-refractivity contribution < 1.29 is 9.53 Å². The van der Waals surface area contributed by atoms with Crippen molar-refractivity contribution in [3.05, 3.63) is 59.2 Å². The minimum absolute atomic E-state index is 0.200. The van der Waals surface area contributed by atoms with Crippen LogP contribution in [0.5, 0.6) is 0 Å². The molecule has 2 aliphatic heterocycles. The van der Waals surface area contributed by atoms with Gasteiger partial charge in [-0.05, 0) is 69.6 Å². The van der Waals surface area contributed by atoms with Gasteiger partial charge in [0.05, 0.1) is 34.1 Å². The molecule has 192 valence electrons. The van der Waals surface area contributed by atoms with Crippen LogP contribution in [-0.2, 0) is 4.74 Å². The smallest absolute Gasteiger partial charge is 0.410 e. The van der Waals surface area contributed by atoms with Crippen molar-refractivity contribution >= 4 is 34.3 Å². The number of para-hydroxylation sites is 1. The van der Waals surface area contributed by atoms with Crippen LogP contribution in [0.2, 0.25) is 5.02 Å². The van der Waals surface area contributed by atoms with E-state index in [1.54, 1.807) is 0 Å². The Morgan fingerprint density at radius 2 is 1.68 bits per heavy atom. The zero-order valence-corrected chi connectivity index (χ0v) is 22.5. The van der Waals surface area contributed by atoms with E-state index < -0.39 is 5.60 Å². The number of ether oxygens (including phenoxy) is 1. The summed E-state index contributed by atoms with van der Waals surface area (Å²) in [5.74, 6) is 0. The SMILES string of the molecule is CC(C)(C)OC(=O)N1CCC2(CC1)CCN(c1cnc3c(-c4ccc(C#N)cc4)cccc3c1Cl)CC2. The second kappa shape index (κ2) is 9.87. The average molecular weight is 517 g/mol. The summed E-state index contributed by atoms with van der Waals surface area (Å²) in [6.07, 6.45) is 5.88. The summed E-state index contributed by atoms with van der Waals surface area (Å²) in [5, 5.41) is 10.8. The standard InChI is InChI=1S/C30H33ClN4O2/c1-29(2,3)37-28(36)35-17-13-30(14-18-35)11-15-34(16-12-30)25-20-33-27-23(5-4-6-24(27)26(25)31)22-9-7-21(19-32)8-10-22/h4-10,20H,11-18H2,1-3H3. The molecular weight excluding hydrogens is 484 g/mol. The van der Waals surface area contributed by atoms with Crippen LogP contribution in [0, 0.1) is 16.7 Å². The van der Waals surface area contributed by atoms with Gasteiger partial charge in [-0.3, -0.25) is 4.98 Å². The highest BCUT2D eigenvalue weighted by Gasteiger charge is 2.39. The number of aromatic nitrogens is 1. The Morgan fingerprint density at radius 1 is 1.03 bits per heavy atom. The quantitative estimate of drug-likeness (QED) is 0.365. The molecule has 2 saturated heterocycles. The maximum Gasteiger partial charge on any atom is 0.410 e. The summed E-state index contributed by atoms with van der Waals surface area (Å²) in [6.45, 7) is 9.09. The van der Waals surface area contributed by atoms with Crippen molar-refractivity contribution in [2.45, 2.75) is 52.1 Å². The number of anilines is 1. The highest BCUT2D eigenvalue weighted by atomic mass is 35.5. The van der Waals surface area contributed by atoms with Crippen LogP contribution >= 0.6 is 11.6 Å². The molecule has 0 saturated carbocycles. The molecule has 3 aromatic rings. The van der Waals surface area contributed by atoms with Crippen molar-refractivity contribution in [1.82, 2.24) is 9.88 Å². The van der Waals surface area contributed by atoms with Gasteiger partial charge in [-0.15, -0.1) is 0 Å². The van der Waals surface area contributed by atoms with Gasteiger partial charge in [0.1, 0.15) is 5.60 Å². The van der Waals surface area contributed by atoms with E-state index in [-0.39, 0.29) is 11.5 Å². The number of pyridine rings is 1. The van der Waals surface area contributed by atoms with Gasteiger partial charge in [0.2, 0.25) is 0 Å². The third-order valence-corrected chi connectivity index (χ3v) is 8.18. The van der Waals surface area contributed by atoms with Crippen molar-refractivity contribution in [3.63, 3.8) is 0 Å². The second-order valence-corrected chi connectivity index (χ2v) is 11.7. The van der Waals surface area contributed by atoms with Crippen LogP contribution in [0.25, 0.3) is 22.0 Å². The normalized spacial score (nSPS) is 17.6. The number of nitriles is 1. The first kappa shape index (κ1) is 25.4. The number of hydrogen-bond acceptors (Lipinski definition) is 5. The van der Waals surface area contributed by atoms with Crippen molar-refractivity contribution in [2.24, 2.45) is 5.41 Å². The number of carbonyl (C=O) groups excluding carboxylic acids is 1. The Kier molecular flexibility index (Phi) is 6.76. The molecule has 1 spiro atoms. The Labute approximate surface area is 223 Å². The van der Waals surface area contributed by atoms with E-state index in [2.05, 4.69) is 11.0 Å². The average Bonchev–Trinajstić information content (AvgIpc) is 2.89. The van der Waals surface area contributed by atoms with Crippen LogP contribution in [0.1, 0.15) is 52.0 Å². The molecule has 0 radical (unpaired) electrons. The Bertz CT molecular complexity index is 1340. The first-order valence-electron chi connectivity index (χ1n) is 13.0. The van der Waals surface area contributed by atoms with Crippen LogP contribution in [-0.4, -0.2) is 47.8 Å². The number of likely N-dealkylation sites (tertiary alicyclic amines) is 1. The zero-order valence-electron chi connectivity index (χ0n) is 21.8. The lowest BCUT2D eigenvalue weighted by atomic mass is 9.71. The highest BCUT2D eigenvalue weighted by Crippen LogP contribution is 2.44. The van der Waals surface area contributed by atoms with Crippen molar-refractivity contribution in [2.75, 3.05) is 31.1 Å². The number of fused-ring (bicyclic) bond motifs is 1. The van der Waals surface area contributed by atoms with E-state index in [0.717, 1.165) is 84.6 Å². The fraction of sp³-hybridized carbons (Fsp3) is 0.433. The number of benzene rings is 2. The predicted octanol–water partition coefficient (Wildman–Crippen LogP) is 7.04. The molecule has 2 aliphatic rings. The Hall–Kier alpha value is -3.30. The Morgan fingerprint density at radius 3 is 2.30 bits per heavy atom. The van der Waals surface area contributed by atoms with Crippen LogP contribution in [0.3, 0.4) is 0 Å². The number of rotatable bonds is 2. The van der Waals surface area contributed by atoms with E-state index in [0.29, 0.717) is 5.56 Å². The first-order chi connectivity index (χ1) is 17.7. The summed E-state index contributed by atoms with van der Waals surface area (Å²) in [5.41, 5.74) is 4.30. The van der Waals surface area contributed by atoms with Crippen LogP contribution < -0.4 is 4.90 Å². The molecule has 0 unspecified atom stereocenters. The first-order valence-corrected chi connectivity index (χ1v) is 13.4. The minimum Gasteiger partial charge on any atom is -0.444 e. The minimum atomic E-state index is -0.465. The topological polar surface area (TPSA) is 69.5 Å². The summed E-state index contributed by atoms with van der Waals surface area (Å²) >= 11 is 6.98. The lowest BCUT2D eigenvalue weighted by Gasteiger charge is -2.47. The third kappa shape index (κ3) is 5.24. The number of amides is 1. The van der Waals surface area contributed by atoms with Gasteiger partial charge in [-0.2, -0.15) is 5.26 Å². The maximum absolute atomic E-state index is 12.5. The third-order valence-electron chi connectivity index (χ3n) is 7.78. The van der Waals surface area contributed by atoms with E-state index in [4.69, 9.17) is 26.6 Å². The molecule has 6 nitrogen and oxygen atoms in total. The van der Waals surface area contributed by atoms with Gasteiger partial charge in [0.25, 0.3) is 0 Å². The monoisotopic (exact) mass is 516 g/mol. The molecule has 1 aromatic heterocycles. The largest absolute Gasteiger partial charge is 0.444 e. The molecule has 7 heteroatoms. The molecular formula is C30H33ClN4O2. The number of halogens is 1. The van der Waals surface area contributed by atoms with Crippen molar-refractivity contribution in [1.29, 1.82) is 5.26 Å². The van der Waals surface area contributed by atoms with E-state index in [1.807, 2.05) is 74.3 Å². The van der Waals surface area contributed by atoms with E-state index in [9.17, 15) is 4.79 Å². The van der Waals surface area contributed by atoms with Gasteiger partial charge < -0.3 is 14.5 Å². The molecule has 2 fully saturated rings. The number of piperidine rings is 2. The molecule has 2 aromatic carbocycles. The van der Waals surface area contributed by atoms with Gasteiger partial charge in [0, 0.05) is 37.1 Å². The molecule has 1 amide bonds. The molecule has 3 heterocycles. The van der Waals surface area contributed by atoms with Gasteiger partial charge >= 0.3 is 6.09 Å². The van der Waals surface area contributed by atoms with E-state index in [1.165, 1.54) is 0 Å². The number of carbonyl (C=O) groups is 1. The summed E-state index contributed by atoms with van der Waals surface area (Å²) in [7, 11) is 0. The molecule has 37 heavy (non-hydrogen) atoms. The Balaban J connectivity index is 1.29. The summed E-state index contributed by atoms with van der Waals surface area (Å²) < 4.78 is 5.57. The number of hydrogen-bond donors (Lipinski definition) is 0. The van der Waals surface area contributed by atoms with E-state index >= 15 is 0 Å². The van der Waals surface area contributed by atoms with Gasteiger partial charge in [-0.1, -0.05) is 41.9 Å². The van der Waals surface area contributed by atoms with Crippen LogP contribution in [0.15, 0.2) is 48.7 Å². The lowest BCUT2D eigenvalue weighted by Crippen LogP contribution is -2.49. The van der Waals surface area contributed by atoms with Gasteiger partial charge in [0.15, 0.2) is 0 Å². The molecule has 0 bridgehead atoms. The maximum atomic E-state index is 12.5. The summed E-state index contributed by atoms with van der Waals surface area (Å²) in [4.78, 5) is 21.5. The fourth-order valence-corrected chi connectivity index (χ4v) is 5.89. The molecule has 0 aliphatic carbocycles. The highest BCUT2D eigenvalue weighted by molar-refractivity contribution is 6.38. The predicted molar refractivity (Wildman–Crippen MR) is 148 cm³/mol. The number of nitrogens with zero attached hydrogens (tertiary/aromatic N) is 4. The lowest BCUT2D eigenvalue weighted by molar-refractivity contribution is 0.00666. The molecule has 0 N–H and O–H groups in total. The van der Waals surface area contributed by atoms with Gasteiger partial charge in [-0.25, -0.2) is 4.79 Å².